The first-order valence-corrected chi connectivity index (χ1v) is 8.75. The third-order valence-electron chi connectivity index (χ3n) is 4.90. The minimum atomic E-state index is -1.10. The van der Waals surface area contributed by atoms with Crippen LogP contribution in [0.2, 0.25) is 0 Å². The molecule has 2 aromatic carbocycles. The van der Waals surface area contributed by atoms with Crippen LogP contribution in [-0.4, -0.2) is 36.3 Å². The van der Waals surface area contributed by atoms with Crippen LogP contribution in [0.5, 0.6) is 17.2 Å². The number of methoxy groups -OCH3 is 1. The summed E-state index contributed by atoms with van der Waals surface area (Å²) in [6, 6.07) is 9.25. The molecule has 3 amide bonds. The molecule has 0 bridgehead atoms. The molecule has 0 unspecified atom stereocenters. The quantitative estimate of drug-likeness (QED) is 0.800. The second-order valence-corrected chi connectivity index (χ2v) is 6.99. The Labute approximate surface area is 161 Å². The van der Waals surface area contributed by atoms with Crippen molar-refractivity contribution in [1.29, 1.82) is 0 Å². The van der Waals surface area contributed by atoms with Crippen molar-refractivity contribution in [2.24, 2.45) is 0 Å². The molecule has 28 heavy (non-hydrogen) atoms. The molecule has 0 saturated carbocycles. The molecule has 0 aromatic heterocycles. The van der Waals surface area contributed by atoms with Crippen LogP contribution >= 0.6 is 0 Å². The zero-order chi connectivity index (χ0) is 19.9. The fourth-order valence-corrected chi connectivity index (χ4v) is 3.46. The number of nitrogens with zero attached hydrogens (tertiary/aromatic N) is 1. The van der Waals surface area contributed by atoms with Crippen molar-refractivity contribution in [2.45, 2.75) is 25.4 Å². The lowest BCUT2D eigenvalue weighted by molar-refractivity contribution is -0.131. The zero-order valence-corrected chi connectivity index (χ0v) is 15.5. The first kappa shape index (κ1) is 18.1. The standard InChI is InChI=1S/C20H19FN2O5/c1-20(9-12-3-6-16-17(8-12)28-11-27-16)18(24)23(19(25)22-20)10-13-4-5-15(26-2)14(21)7-13/h3-8H,9-11H2,1-2H3,(H,22,25)/t20-/m1/s1. The number of ether oxygens (including phenoxy) is 3. The van der Waals surface area contributed by atoms with Gasteiger partial charge >= 0.3 is 6.03 Å². The van der Waals surface area contributed by atoms with E-state index < -0.39 is 17.4 Å². The van der Waals surface area contributed by atoms with Gasteiger partial charge in [-0.2, -0.15) is 0 Å². The number of nitrogens with one attached hydrogen (secondary N) is 1. The maximum atomic E-state index is 13.9. The van der Waals surface area contributed by atoms with E-state index in [4.69, 9.17) is 14.2 Å². The molecule has 4 rings (SSSR count). The molecule has 1 atom stereocenters. The SMILES string of the molecule is COc1ccc(CN2C(=O)N[C@](C)(Cc3ccc4c(c3)OCO4)C2=O)cc1F. The van der Waals surface area contributed by atoms with Crippen LogP contribution in [-0.2, 0) is 17.8 Å². The number of amides is 3. The third-order valence-corrected chi connectivity index (χ3v) is 4.90. The summed E-state index contributed by atoms with van der Waals surface area (Å²) in [5.74, 6) is 0.456. The predicted molar refractivity (Wildman–Crippen MR) is 96.7 cm³/mol. The molecule has 2 heterocycles. The Balaban J connectivity index is 1.52. The van der Waals surface area contributed by atoms with Crippen molar-refractivity contribution in [1.82, 2.24) is 10.2 Å². The molecule has 1 fully saturated rings. The molecule has 2 aliphatic heterocycles. The summed E-state index contributed by atoms with van der Waals surface area (Å²) >= 11 is 0. The molecule has 2 aliphatic rings. The molecule has 0 spiro atoms. The summed E-state index contributed by atoms with van der Waals surface area (Å²) < 4.78 is 29.5. The van der Waals surface area contributed by atoms with Gasteiger partial charge in [0.1, 0.15) is 5.54 Å². The lowest BCUT2D eigenvalue weighted by Crippen LogP contribution is -2.45. The second-order valence-electron chi connectivity index (χ2n) is 6.99. The van der Waals surface area contributed by atoms with Crippen LogP contribution in [0.15, 0.2) is 36.4 Å². The molecule has 0 radical (unpaired) electrons. The van der Waals surface area contributed by atoms with Gasteiger partial charge in [-0.3, -0.25) is 9.69 Å². The van der Waals surface area contributed by atoms with E-state index in [0.29, 0.717) is 23.5 Å². The van der Waals surface area contributed by atoms with Gasteiger partial charge < -0.3 is 19.5 Å². The first-order chi connectivity index (χ1) is 13.4. The summed E-state index contributed by atoms with van der Waals surface area (Å²) in [4.78, 5) is 26.5. The molecule has 0 aliphatic carbocycles. The minimum Gasteiger partial charge on any atom is -0.494 e. The molecule has 146 valence electrons. The first-order valence-electron chi connectivity index (χ1n) is 8.75. The number of benzene rings is 2. The lowest BCUT2D eigenvalue weighted by Gasteiger charge is -2.22. The Morgan fingerprint density at radius 3 is 2.64 bits per heavy atom. The Morgan fingerprint density at radius 1 is 1.14 bits per heavy atom. The van der Waals surface area contributed by atoms with Crippen LogP contribution in [0.4, 0.5) is 9.18 Å². The van der Waals surface area contributed by atoms with Crippen LogP contribution in [0.3, 0.4) is 0 Å². The van der Waals surface area contributed by atoms with E-state index in [9.17, 15) is 14.0 Å². The Kier molecular flexibility index (Phi) is 4.33. The number of carbonyl (C=O) groups excluding carboxylic acids is 2. The van der Waals surface area contributed by atoms with Gasteiger partial charge in [0.25, 0.3) is 5.91 Å². The van der Waals surface area contributed by atoms with E-state index in [1.165, 1.54) is 19.2 Å². The molecule has 8 heteroatoms. The van der Waals surface area contributed by atoms with Crippen molar-refractivity contribution in [3.63, 3.8) is 0 Å². The highest BCUT2D eigenvalue weighted by Crippen LogP contribution is 2.34. The number of fused-ring (bicyclic) bond motifs is 1. The van der Waals surface area contributed by atoms with Crippen molar-refractivity contribution < 1.29 is 28.2 Å². The van der Waals surface area contributed by atoms with Gasteiger partial charge in [-0.1, -0.05) is 12.1 Å². The number of carbonyl (C=O) groups is 2. The largest absolute Gasteiger partial charge is 0.494 e. The molecular weight excluding hydrogens is 367 g/mol. The number of imide groups is 1. The van der Waals surface area contributed by atoms with E-state index in [1.54, 1.807) is 25.1 Å². The van der Waals surface area contributed by atoms with E-state index in [2.05, 4.69) is 5.32 Å². The normalized spacial score (nSPS) is 20.5. The van der Waals surface area contributed by atoms with E-state index in [-0.39, 0.29) is 25.0 Å². The molecular formula is C20H19FN2O5. The molecule has 2 aromatic rings. The van der Waals surface area contributed by atoms with Crippen molar-refractivity contribution in [2.75, 3.05) is 13.9 Å². The van der Waals surface area contributed by atoms with Crippen molar-refractivity contribution in [3.05, 3.63) is 53.3 Å². The van der Waals surface area contributed by atoms with Gasteiger partial charge in [0.2, 0.25) is 6.79 Å². The average molecular weight is 386 g/mol. The highest BCUT2D eigenvalue weighted by Gasteiger charge is 2.47. The average Bonchev–Trinajstić information content (AvgIpc) is 3.20. The van der Waals surface area contributed by atoms with Crippen LogP contribution < -0.4 is 19.5 Å². The van der Waals surface area contributed by atoms with Crippen molar-refractivity contribution in [3.8, 4) is 17.2 Å². The van der Waals surface area contributed by atoms with Gasteiger partial charge in [0.15, 0.2) is 23.1 Å². The number of hydrogen-bond donors (Lipinski definition) is 1. The second kappa shape index (κ2) is 6.70. The van der Waals surface area contributed by atoms with Gasteiger partial charge in [0, 0.05) is 6.42 Å². The summed E-state index contributed by atoms with van der Waals surface area (Å²) in [7, 11) is 1.37. The van der Waals surface area contributed by atoms with Crippen LogP contribution in [0.1, 0.15) is 18.1 Å². The Bertz CT molecular complexity index is 964. The van der Waals surface area contributed by atoms with Gasteiger partial charge in [-0.05, 0) is 42.3 Å². The van der Waals surface area contributed by atoms with Gasteiger partial charge in [0.05, 0.1) is 13.7 Å². The fraction of sp³-hybridized carbons (Fsp3) is 0.300. The maximum Gasteiger partial charge on any atom is 0.325 e. The minimum absolute atomic E-state index is 0.0255. The lowest BCUT2D eigenvalue weighted by atomic mass is 9.92. The Morgan fingerprint density at radius 2 is 1.89 bits per heavy atom. The van der Waals surface area contributed by atoms with Gasteiger partial charge in [-0.15, -0.1) is 0 Å². The highest BCUT2D eigenvalue weighted by atomic mass is 19.1. The third kappa shape index (κ3) is 3.11. The topological polar surface area (TPSA) is 77.1 Å². The molecule has 1 saturated heterocycles. The van der Waals surface area contributed by atoms with Crippen molar-refractivity contribution >= 4 is 11.9 Å². The van der Waals surface area contributed by atoms with E-state index in [1.807, 2.05) is 6.07 Å². The van der Waals surface area contributed by atoms with E-state index >= 15 is 0 Å². The number of hydrogen-bond acceptors (Lipinski definition) is 5. The Hall–Kier alpha value is -3.29. The summed E-state index contributed by atoms with van der Waals surface area (Å²) in [5.41, 5.74) is 0.224. The monoisotopic (exact) mass is 386 g/mol. The number of halogens is 1. The van der Waals surface area contributed by atoms with Gasteiger partial charge in [-0.25, -0.2) is 9.18 Å². The molecule has 7 nitrogen and oxygen atoms in total. The summed E-state index contributed by atoms with van der Waals surface area (Å²) in [5, 5.41) is 2.75. The zero-order valence-electron chi connectivity index (χ0n) is 15.5. The number of urea groups is 1. The summed E-state index contributed by atoms with van der Waals surface area (Å²) in [6.07, 6.45) is 0.293. The smallest absolute Gasteiger partial charge is 0.325 e. The fourth-order valence-electron chi connectivity index (χ4n) is 3.46. The van der Waals surface area contributed by atoms with Crippen LogP contribution in [0.25, 0.3) is 0 Å². The maximum absolute atomic E-state index is 13.9. The van der Waals surface area contributed by atoms with E-state index in [0.717, 1.165) is 10.5 Å². The molecule has 1 N–H and O–H groups in total. The van der Waals surface area contributed by atoms with Crippen LogP contribution in [0, 0.1) is 5.82 Å². The summed E-state index contributed by atoms with van der Waals surface area (Å²) in [6.45, 7) is 1.81. The number of rotatable bonds is 5. The predicted octanol–water partition coefficient (Wildman–Crippen LogP) is 2.62. The highest BCUT2D eigenvalue weighted by molar-refractivity contribution is 6.06.